The zero-order valence-electron chi connectivity index (χ0n) is 22.1. The van der Waals surface area contributed by atoms with Crippen LogP contribution in [0.15, 0.2) is 92.3 Å². The fourth-order valence-electron chi connectivity index (χ4n) is 4.42. The molecule has 0 N–H and O–H groups in total. The van der Waals surface area contributed by atoms with Gasteiger partial charge in [-0.05, 0) is 82.0 Å². The number of allylic oxidation sites excluding steroid dienone is 1. The minimum Gasteiger partial charge on any atom is -0.488 e. The van der Waals surface area contributed by atoms with E-state index in [2.05, 4.69) is 20.9 Å². The number of benzene rings is 3. The lowest BCUT2D eigenvalue weighted by Gasteiger charge is -2.26. The second-order valence-corrected chi connectivity index (χ2v) is 12.0. The molecule has 0 spiro atoms. The van der Waals surface area contributed by atoms with Gasteiger partial charge in [0.2, 0.25) is 0 Å². The van der Waals surface area contributed by atoms with Crippen molar-refractivity contribution >= 4 is 62.5 Å². The third-order valence-electron chi connectivity index (χ3n) is 6.34. The van der Waals surface area contributed by atoms with Crippen molar-refractivity contribution in [1.29, 1.82) is 0 Å². The van der Waals surface area contributed by atoms with Gasteiger partial charge in [0.05, 0.1) is 27.2 Å². The van der Waals surface area contributed by atoms with Crippen molar-refractivity contribution in [2.75, 3.05) is 6.61 Å². The summed E-state index contributed by atoms with van der Waals surface area (Å²) in [6, 6.07) is 16.8. The summed E-state index contributed by atoms with van der Waals surface area (Å²) in [4.78, 5) is 30.2. The first-order valence-corrected chi connectivity index (χ1v) is 15.1. The number of alkyl halides is 3. The molecule has 13 heteroatoms. The molecular formula is C30H20BrCl2F3N2O4S. The quantitative estimate of drug-likeness (QED) is 0.194. The van der Waals surface area contributed by atoms with Crippen LogP contribution in [0.3, 0.4) is 0 Å². The maximum absolute atomic E-state index is 14.3. The van der Waals surface area contributed by atoms with Gasteiger partial charge in [0, 0.05) is 10.0 Å². The van der Waals surface area contributed by atoms with Crippen LogP contribution in [-0.4, -0.2) is 23.3 Å². The largest absolute Gasteiger partial charge is 0.488 e. The predicted molar refractivity (Wildman–Crippen MR) is 162 cm³/mol. The lowest BCUT2D eigenvalue weighted by molar-refractivity contribution is -0.140. The maximum Gasteiger partial charge on any atom is 0.434 e. The Hall–Kier alpha value is -3.38. The molecule has 222 valence electrons. The van der Waals surface area contributed by atoms with E-state index >= 15 is 0 Å². The molecule has 0 fully saturated rings. The van der Waals surface area contributed by atoms with Crippen LogP contribution in [0.25, 0.3) is 6.08 Å². The predicted octanol–water partition coefficient (Wildman–Crippen LogP) is 6.99. The average molecular weight is 712 g/mol. The first-order valence-electron chi connectivity index (χ1n) is 12.7. The summed E-state index contributed by atoms with van der Waals surface area (Å²) in [5, 5.41) is 0.950. The first-order chi connectivity index (χ1) is 20.5. The summed E-state index contributed by atoms with van der Waals surface area (Å²) >= 11 is 16.2. The topological polar surface area (TPSA) is 69.9 Å². The smallest absolute Gasteiger partial charge is 0.434 e. The van der Waals surface area contributed by atoms with Gasteiger partial charge in [0.15, 0.2) is 10.5 Å². The van der Waals surface area contributed by atoms with Crippen LogP contribution in [0.5, 0.6) is 5.75 Å². The monoisotopic (exact) mass is 710 g/mol. The summed E-state index contributed by atoms with van der Waals surface area (Å²) in [6.45, 7) is 1.60. The minimum atomic E-state index is -4.99. The number of rotatable bonds is 7. The molecule has 0 amide bonds. The maximum atomic E-state index is 14.3. The number of thiazole rings is 1. The Morgan fingerprint density at radius 2 is 1.72 bits per heavy atom. The Bertz CT molecular complexity index is 1900. The summed E-state index contributed by atoms with van der Waals surface area (Å²) in [7, 11) is 0. The van der Waals surface area contributed by atoms with Crippen LogP contribution in [-0.2, 0) is 16.1 Å². The van der Waals surface area contributed by atoms with Crippen LogP contribution < -0.4 is 19.6 Å². The van der Waals surface area contributed by atoms with Gasteiger partial charge < -0.3 is 9.47 Å². The number of nitrogens with zero attached hydrogens (tertiary/aromatic N) is 2. The number of carbonyl (C=O) groups excluding carboxylic acids is 1. The molecule has 0 radical (unpaired) electrons. The zero-order valence-corrected chi connectivity index (χ0v) is 26.0. The number of hydrogen-bond donors (Lipinski definition) is 0. The van der Waals surface area contributed by atoms with Crippen LogP contribution in [0.1, 0.15) is 29.7 Å². The van der Waals surface area contributed by atoms with Crippen molar-refractivity contribution in [2.45, 2.75) is 25.7 Å². The Labute approximate surface area is 265 Å². The van der Waals surface area contributed by atoms with E-state index in [1.54, 1.807) is 30.3 Å². The van der Waals surface area contributed by atoms with Crippen molar-refractivity contribution in [2.24, 2.45) is 4.99 Å². The third kappa shape index (κ3) is 6.75. The van der Waals surface area contributed by atoms with Crippen molar-refractivity contribution in [3.63, 3.8) is 0 Å². The number of halogens is 6. The highest BCUT2D eigenvalue weighted by molar-refractivity contribution is 9.10. The molecule has 0 aliphatic carbocycles. The highest BCUT2D eigenvalue weighted by atomic mass is 79.9. The van der Waals surface area contributed by atoms with Gasteiger partial charge in [-0.3, -0.25) is 9.36 Å². The van der Waals surface area contributed by atoms with Gasteiger partial charge in [-0.2, -0.15) is 13.2 Å². The standard InChI is InChI=1S/C30H20BrCl2F3N2O4S/c1-2-41-28(40)24-25(18-6-10-20(33)11-7-18)38-27(39)23(43-29(38)37-26(24)30(34,35)36)14-17-5-12-22(21(31)13-17)42-15-16-3-8-19(32)9-4-16/h3-14,25H,2,15H2,1H3/b23-14-/t25-/m1/s1. The van der Waals surface area contributed by atoms with Gasteiger partial charge in [0.1, 0.15) is 12.4 Å². The molecular weight excluding hydrogens is 692 g/mol. The van der Waals surface area contributed by atoms with E-state index in [4.69, 9.17) is 32.7 Å². The molecule has 1 aliphatic heterocycles. The van der Waals surface area contributed by atoms with E-state index < -0.39 is 35.0 Å². The molecule has 1 atom stereocenters. The van der Waals surface area contributed by atoms with Gasteiger partial charge in [0.25, 0.3) is 5.56 Å². The number of hydrogen-bond acceptors (Lipinski definition) is 6. The molecule has 2 heterocycles. The second-order valence-electron chi connectivity index (χ2n) is 9.22. The Kier molecular flexibility index (Phi) is 9.17. The lowest BCUT2D eigenvalue weighted by atomic mass is 9.95. The zero-order chi connectivity index (χ0) is 30.9. The second kappa shape index (κ2) is 12.7. The SMILES string of the molecule is CCOC(=O)C1=C(C(F)(F)F)N=c2s/c(=C\c3ccc(OCc4ccc(Cl)cc4)c(Br)c3)c(=O)n2[C@@H]1c1ccc(Cl)cc1. The number of aromatic nitrogens is 1. The number of ether oxygens (including phenoxy) is 2. The van der Waals surface area contributed by atoms with E-state index in [1.165, 1.54) is 37.3 Å². The molecule has 0 saturated heterocycles. The Balaban J connectivity index is 1.59. The van der Waals surface area contributed by atoms with Gasteiger partial charge >= 0.3 is 12.1 Å². The van der Waals surface area contributed by atoms with Crippen molar-refractivity contribution in [1.82, 2.24) is 4.57 Å². The number of esters is 1. The summed E-state index contributed by atoms with van der Waals surface area (Å²) < 4.78 is 55.5. The number of carbonyl (C=O) groups is 1. The van der Waals surface area contributed by atoms with E-state index in [0.717, 1.165) is 21.5 Å². The summed E-state index contributed by atoms with van der Waals surface area (Å²) in [5.41, 5.74) is -1.08. The van der Waals surface area contributed by atoms with Gasteiger partial charge in [-0.15, -0.1) is 0 Å². The van der Waals surface area contributed by atoms with Gasteiger partial charge in [-0.1, -0.05) is 64.9 Å². The molecule has 6 nitrogen and oxygen atoms in total. The van der Waals surface area contributed by atoms with Crippen LogP contribution in [0.4, 0.5) is 13.2 Å². The average Bonchev–Trinajstić information content (AvgIpc) is 3.27. The molecule has 1 aromatic heterocycles. The Morgan fingerprint density at radius 3 is 2.33 bits per heavy atom. The molecule has 4 aromatic rings. The molecule has 5 rings (SSSR count). The third-order valence-corrected chi connectivity index (χ3v) is 8.45. The van der Waals surface area contributed by atoms with Crippen molar-refractivity contribution in [3.05, 3.63) is 129 Å². The van der Waals surface area contributed by atoms with E-state index in [9.17, 15) is 22.8 Å². The summed E-state index contributed by atoms with van der Waals surface area (Å²) in [6.07, 6.45) is -3.45. The fourth-order valence-corrected chi connectivity index (χ4v) is 6.18. The van der Waals surface area contributed by atoms with E-state index in [-0.39, 0.29) is 21.5 Å². The molecule has 1 aliphatic rings. The molecule has 0 saturated carbocycles. The van der Waals surface area contributed by atoms with Crippen molar-refractivity contribution in [3.8, 4) is 5.75 Å². The van der Waals surface area contributed by atoms with Gasteiger partial charge in [-0.25, -0.2) is 9.79 Å². The lowest BCUT2D eigenvalue weighted by Crippen LogP contribution is -2.41. The number of fused-ring (bicyclic) bond motifs is 1. The Morgan fingerprint density at radius 1 is 1.07 bits per heavy atom. The van der Waals surface area contributed by atoms with E-state index in [0.29, 0.717) is 32.4 Å². The fraction of sp³-hybridized carbons (Fsp3) is 0.167. The van der Waals surface area contributed by atoms with Crippen molar-refractivity contribution < 1.29 is 27.4 Å². The molecule has 0 bridgehead atoms. The normalized spacial score (nSPS) is 15.2. The highest BCUT2D eigenvalue weighted by Gasteiger charge is 2.45. The van der Waals surface area contributed by atoms with Crippen LogP contribution in [0.2, 0.25) is 10.0 Å². The first kappa shape index (κ1) is 31.1. The molecule has 43 heavy (non-hydrogen) atoms. The van der Waals surface area contributed by atoms with Crippen LogP contribution >= 0.6 is 50.5 Å². The van der Waals surface area contributed by atoms with Crippen LogP contribution in [0, 0.1) is 0 Å². The minimum absolute atomic E-state index is 0.117. The molecule has 0 unspecified atom stereocenters. The summed E-state index contributed by atoms with van der Waals surface area (Å²) in [5.74, 6) is -0.670. The highest BCUT2D eigenvalue weighted by Crippen LogP contribution is 2.38. The molecule has 3 aromatic carbocycles. The van der Waals surface area contributed by atoms with E-state index in [1.807, 2.05) is 12.1 Å².